The number of para-hydroxylation sites is 1. The van der Waals surface area contributed by atoms with Gasteiger partial charge in [0.15, 0.2) is 0 Å². The molecule has 0 unspecified atom stereocenters. The Kier molecular flexibility index (Phi) is 6.15. The van der Waals surface area contributed by atoms with E-state index in [2.05, 4.69) is 167 Å². The highest BCUT2D eigenvalue weighted by atomic mass is 16.3. The van der Waals surface area contributed by atoms with E-state index in [1.165, 1.54) is 0 Å². The molecular weight excluding hydrogens is 599 g/mol. The van der Waals surface area contributed by atoms with Gasteiger partial charge in [0.1, 0.15) is 17.0 Å². The van der Waals surface area contributed by atoms with E-state index in [-0.39, 0.29) is 0 Å². The molecule has 4 heterocycles. The monoisotopic (exact) mass is 627 g/mol. The zero-order chi connectivity index (χ0) is 32.3. The highest BCUT2D eigenvalue weighted by Gasteiger charge is 2.23. The van der Waals surface area contributed by atoms with Crippen molar-refractivity contribution in [3.05, 3.63) is 176 Å². The summed E-state index contributed by atoms with van der Waals surface area (Å²) in [4.78, 5) is 5.04. The SMILES string of the molecule is c1ccc(-c2nc3ccccn3c2-c2ccc(-n3c4ccccc4c4c5oc(-c6ccccc6)c(-c6ccccc6)c5ccc43)cc2)cc1. The fourth-order valence-corrected chi connectivity index (χ4v) is 7.41. The topological polar surface area (TPSA) is 35.4 Å². The summed E-state index contributed by atoms with van der Waals surface area (Å²) in [6, 6.07) is 59.5. The standard InChI is InChI=1S/C45H29N3O/c1-4-14-30(15-5-1)40-36-27-28-38-41(45(36)49-44(40)33-18-8-3-9-19-33)35-20-10-11-21-37(35)48(38)34-25-23-32(24-26-34)43-42(31-16-6-2-7-17-31)46-39-22-12-13-29-47(39)43/h1-29H. The minimum Gasteiger partial charge on any atom is -0.455 e. The van der Waals surface area contributed by atoms with Gasteiger partial charge in [-0.1, -0.05) is 127 Å². The molecule has 230 valence electrons. The maximum atomic E-state index is 6.95. The molecule has 0 N–H and O–H groups in total. The first-order chi connectivity index (χ1) is 24.3. The number of imidazole rings is 1. The van der Waals surface area contributed by atoms with Crippen LogP contribution in [0, 0.1) is 0 Å². The van der Waals surface area contributed by atoms with Crippen LogP contribution in [-0.4, -0.2) is 14.0 Å². The predicted molar refractivity (Wildman–Crippen MR) is 201 cm³/mol. The molecule has 0 aliphatic heterocycles. The molecule has 0 saturated heterocycles. The zero-order valence-electron chi connectivity index (χ0n) is 26.5. The quantitative estimate of drug-likeness (QED) is 0.190. The van der Waals surface area contributed by atoms with E-state index < -0.39 is 0 Å². The van der Waals surface area contributed by atoms with Crippen molar-refractivity contribution in [1.29, 1.82) is 0 Å². The fraction of sp³-hybridized carbons (Fsp3) is 0. The van der Waals surface area contributed by atoms with Crippen LogP contribution < -0.4 is 0 Å². The molecule has 4 nitrogen and oxygen atoms in total. The van der Waals surface area contributed by atoms with Gasteiger partial charge in [0.25, 0.3) is 0 Å². The number of furan rings is 1. The van der Waals surface area contributed by atoms with E-state index in [0.29, 0.717) is 0 Å². The Morgan fingerprint density at radius 1 is 0.469 bits per heavy atom. The number of benzene rings is 6. The van der Waals surface area contributed by atoms with Gasteiger partial charge >= 0.3 is 0 Å². The van der Waals surface area contributed by atoms with Crippen LogP contribution in [0.25, 0.3) is 89.1 Å². The third-order valence-corrected chi connectivity index (χ3v) is 9.57. The molecule has 6 aromatic carbocycles. The van der Waals surface area contributed by atoms with Crippen LogP contribution in [0.4, 0.5) is 0 Å². The van der Waals surface area contributed by atoms with Crippen LogP contribution in [-0.2, 0) is 0 Å². The summed E-state index contributed by atoms with van der Waals surface area (Å²) in [6.45, 7) is 0. The Hall–Kier alpha value is -6.65. The van der Waals surface area contributed by atoms with Crippen molar-refractivity contribution in [2.45, 2.75) is 0 Å². The van der Waals surface area contributed by atoms with Gasteiger partial charge in [-0.3, -0.25) is 4.40 Å². The lowest BCUT2D eigenvalue weighted by atomic mass is 9.98. The zero-order valence-corrected chi connectivity index (χ0v) is 26.5. The molecule has 0 fully saturated rings. The Bertz CT molecular complexity index is 2790. The summed E-state index contributed by atoms with van der Waals surface area (Å²) in [7, 11) is 0. The van der Waals surface area contributed by atoms with Crippen molar-refractivity contribution in [3.63, 3.8) is 0 Å². The van der Waals surface area contributed by atoms with Crippen molar-refractivity contribution in [1.82, 2.24) is 14.0 Å². The smallest absolute Gasteiger partial charge is 0.145 e. The first kappa shape index (κ1) is 27.5. The number of hydrogen-bond donors (Lipinski definition) is 0. The van der Waals surface area contributed by atoms with E-state index in [0.717, 1.165) is 89.1 Å². The maximum absolute atomic E-state index is 6.95. The number of fused-ring (bicyclic) bond motifs is 6. The summed E-state index contributed by atoms with van der Waals surface area (Å²) in [5.41, 5.74) is 12.7. The summed E-state index contributed by atoms with van der Waals surface area (Å²) >= 11 is 0. The number of nitrogens with zero attached hydrogens (tertiary/aromatic N) is 3. The minimum atomic E-state index is 0.887. The summed E-state index contributed by atoms with van der Waals surface area (Å²) in [5, 5.41) is 3.38. The first-order valence-corrected chi connectivity index (χ1v) is 16.6. The normalized spacial score (nSPS) is 11.7. The second-order valence-electron chi connectivity index (χ2n) is 12.4. The van der Waals surface area contributed by atoms with Crippen molar-refractivity contribution in [3.8, 4) is 50.7 Å². The van der Waals surface area contributed by atoms with E-state index in [4.69, 9.17) is 9.40 Å². The van der Waals surface area contributed by atoms with Gasteiger partial charge in [0.2, 0.25) is 0 Å². The van der Waals surface area contributed by atoms with E-state index in [1.807, 2.05) is 18.2 Å². The van der Waals surface area contributed by atoms with Crippen molar-refractivity contribution < 1.29 is 4.42 Å². The van der Waals surface area contributed by atoms with Gasteiger partial charge in [-0.2, -0.15) is 0 Å². The third-order valence-electron chi connectivity index (χ3n) is 9.57. The average molecular weight is 628 g/mol. The van der Waals surface area contributed by atoms with Gasteiger partial charge in [0, 0.05) is 44.9 Å². The summed E-state index contributed by atoms with van der Waals surface area (Å²) < 4.78 is 11.5. The molecule has 0 amide bonds. The van der Waals surface area contributed by atoms with E-state index in [1.54, 1.807) is 0 Å². The van der Waals surface area contributed by atoms with Crippen LogP contribution in [0.15, 0.2) is 180 Å². The molecule has 0 bridgehead atoms. The van der Waals surface area contributed by atoms with Gasteiger partial charge in [-0.25, -0.2) is 4.98 Å². The van der Waals surface area contributed by atoms with Crippen LogP contribution >= 0.6 is 0 Å². The molecule has 0 atom stereocenters. The van der Waals surface area contributed by atoms with Gasteiger partial charge in [-0.15, -0.1) is 0 Å². The second-order valence-corrected chi connectivity index (χ2v) is 12.4. The van der Waals surface area contributed by atoms with Crippen molar-refractivity contribution >= 4 is 38.4 Å². The number of aromatic nitrogens is 3. The molecule has 0 spiro atoms. The van der Waals surface area contributed by atoms with Crippen LogP contribution in [0.5, 0.6) is 0 Å². The first-order valence-electron chi connectivity index (χ1n) is 16.6. The van der Waals surface area contributed by atoms with Crippen molar-refractivity contribution in [2.24, 2.45) is 0 Å². The second kappa shape index (κ2) is 11.0. The maximum Gasteiger partial charge on any atom is 0.145 e. The minimum absolute atomic E-state index is 0.887. The van der Waals surface area contributed by atoms with Crippen LogP contribution in [0.3, 0.4) is 0 Å². The largest absolute Gasteiger partial charge is 0.455 e. The lowest BCUT2D eigenvalue weighted by Gasteiger charge is -2.10. The van der Waals surface area contributed by atoms with Crippen LogP contribution in [0.1, 0.15) is 0 Å². The van der Waals surface area contributed by atoms with E-state index >= 15 is 0 Å². The van der Waals surface area contributed by atoms with Crippen LogP contribution in [0.2, 0.25) is 0 Å². The third kappa shape index (κ3) is 4.28. The number of hydrogen-bond acceptors (Lipinski definition) is 2. The molecule has 0 aliphatic rings. The molecule has 0 radical (unpaired) electrons. The molecule has 0 saturated carbocycles. The van der Waals surface area contributed by atoms with Gasteiger partial charge in [-0.05, 0) is 48.0 Å². The average Bonchev–Trinajstić information content (AvgIpc) is 3.86. The number of pyridine rings is 1. The fourth-order valence-electron chi connectivity index (χ4n) is 7.41. The molecular formula is C45H29N3O. The van der Waals surface area contributed by atoms with Crippen molar-refractivity contribution in [2.75, 3.05) is 0 Å². The number of rotatable bonds is 5. The highest BCUT2D eigenvalue weighted by molar-refractivity contribution is 6.22. The summed E-state index contributed by atoms with van der Waals surface area (Å²) in [5.74, 6) is 0.887. The molecule has 4 aromatic heterocycles. The lowest BCUT2D eigenvalue weighted by Crippen LogP contribution is -1.95. The highest BCUT2D eigenvalue weighted by Crippen LogP contribution is 2.46. The molecule has 10 aromatic rings. The molecule has 4 heteroatoms. The van der Waals surface area contributed by atoms with Gasteiger partial charge < -0.3 is 8.98 Å². The molecule has 10 rings (SSSR count). The molecule has 49 heavy (non-hydrogen) atoms. The Balaban J connectivity index is 1.19. The van der Waals surface area contributed by atoms with Gasteiger partial charge in [0.05, 0.1) is 27.8 Å². The summed E-state index contributed by atoms with van der Waals surface area (Å²) in [6.07, 6.45) is 2.09. The Morgan fingerprint density at radius 3 is 1.88 bits per heavy atom. The predicted octanol–water partition coefficient (Wildman–Crippen LogP) is 11.8. The Morgan fingerprint density at radius 2 is 1.12 bits per heavy atom. The molecule has 0 aliphatic carbocycles. The van der Waals surface area contributed by atoms with E-state index in [9.17, 15) is 0 Å². The Labute approximate surface area is 282 Å². The lowest BCUT2D eigenvalue weighted by molar-refractivity contribution is 0.636.